The van der Waals surface area contributed by atoms with Gasteiger partial charge in [0.25, 0.3) is 0 Å². The van der Waals surface area contributed by atoms with E-state index < -0.39 is 0 Å². The fourth-order valence-corrected chi connectivity index (χ4v) is 2.60. The van der Waals surface area contributed by atoms with E-state index >= 15 is 0 Å². The van der Waals surface area contributed by atoms with Crippen LogP contribution in [0.3, 0.4) is 0 Å². The smallest absolute Gasteiger partial charge is 0.149 e. The fraction of sp³-hybridized carbons (Fsp3) is 0. The van der Waals surface area contributed by atoms with Gasteiger partial charge in [-0.3, -0.25) is 0 Å². The lowest BCUT2D eigenvalue weighted by atomic mass is 10.3. The van der Waals surface area contributed by atoms with Gasteiger partial charge in [-0.2, -0.15) is 0 Å². The van der Waals surface area contributed by atoms with Crippen LogP contribution in [0.2, 0.25) is 15.1 Å². The minimum atomic E-state index is 0.263. The molecule has 0 fully saturated rings. The molecule has 128 valence electrons. The Bertz CT molecular complexity index is 860. The van der Waals surface area contributed by atoms with E-state index in [0.717, 1.165) is 0 Å². The van der Waals surface area contributed by atoms with E-state index in [1.165, 1.54) is 0 Å². The van der Waals surface area contributed by atoms with E-state index in [4.69, 9.17) is 55.7 Å². The van der Waals surface area contributed by atoms with Crippen molar-refractivity contribution < 1.29 is 9.47 Å². The second kappa shape index (κ2) is 7.31. The van der Waals surface area contributed by atoms with E-state index in [1.54, 1.807) is 54.6 Å². The predicted molar refractivity (Wildman–Crippen MR) is 103 cm³/mol. The van der Waals surface area contributed by atoms with E-state index in [2.05, 4.69) is 0 Å². The van der Waals surface area contributed by atoms with Crippen molar-refractivity contribution in [3.05, 3.63) is 69.7 Å². The average molecular weight is 396 g/mol. The van der Waals surface area contributed by atoms with Crippen molar-refractivity contribution in [1.82, 2.24) is 0 Å². The lowest BCUT2D eigenvalue weighted by molar-refractivity contribution is 0.461. The molecule has 0 unspecified atom stereocenters. The number of halogens is 3. The summed E-state index contributed by atoms with van der Waals surface area (Å²) in [5.74, 6) is 1.52. The average Bonchev–Trinajstić information content (AvgIpc) is 2.58. The van der Waals surface area contributed by atoms with Gasteiger partial charge in [-0.05, 0) is 36.4 Å². The Kier molecular flexibility index (Phi) is 5.13. The quantitative estimate of drug-likeness (QED) is 0.502. The number of hydrogen-bond acceptors (Lipinski definition) is 4. The van der Waals surface area contributed by atoms with Crippen molar-refractivity contribution in [2.24, 2.45) is 0 Å². The highest BCUT2D eigenvalue weighted by Gasteiger charge is 2.13. The summed E-state index contributed by atoms with van der Waals surface area (Å²) in [6.07, 6.45) is 0. The molecule has 7 heteroatoms. The number of nitrogen functional groups attached to an aromatic ring is 2. The highest BCUT2D eigenvalue weighted by molar-refractivity contribution is 6.34. The Balaban J connectivity index is 1.92. The maximum atomic E-state index is 6.39. The van der Waals surface area contributed by atoms with E-state index in [0.29, 0.717) is 44.4 Å². The number of anilines is 2. The highest BCUT2D eigenvalue weighted by atomic mass is 35.5. The van der Waals surface area contributed by atoms with Gasteiger partial charge in [0.05, 0.1) is 10.0 Å². The first-order valence-electron chi connectivity index (χ1n) is 7.18. The molecule has 4 nitrogen and oxygen atoms in total. The second-order valence-corrected chi connectivity index (χ2v) is 6.34. The normalized spacial score (nSPS) is 10.5. The van der Waals surface area contributed by atoms with Crippen LogP contribution in [0.1, 0.15) is 0 Å². The molecule has 0 aliphatic carbocycles. The van der Waals surface area contributed by atoms with Gasteiger partial charge >= 0.3 is 0 Å². The summed E-state index contributed by atoms with van der Waals surface area (Å²) in [5.41, 5.74) is 12.6. The molecule has 0 saturated carbocycles. The van der Waals surface area contributed by atoms with Crippen molar-refractivity contribution >= 4 is 46.2 Å². The Morgan fingerprint density at radius 1 is 0.600 bits per heavy atom. The zero-order valence-electron chi connectivity index (χ0n) is 12.8. The molecule has 0 spiro atoms. The summed E-state index contributed by atoms with van der Waals surface area (Å²) in [7, 11) is 0. The minimum Gasteiger partial charge on any atom is -0.454 e. The van der Waals surface area contributed by atoms with Crippen molar-refractivity contribution in [1.29, 1.82) is 0 Å². The second-order valence-electron chi connectivity index (χ2n) is 5.15. The summed E-state index contributed by atoms with van der Waals surface area (Å²) in [6, 6.07) is 15.0. The molecule has 3 rings (SSSR count). The van der Waals surface area contributed by atoms with Crippen molar-refractivity contribution in [2.45, 2.75) is 0 Å². The Hall–Kier alpha value is -2.27. The summed E-state index contributed by atoms with van der Waals surface area (Å²) in [6.45, 7) is 0. The SMILES string of the molecule is Nc1ccc(Cl)c(Oc2cccc(Oc3cc(N)ccc3Cl)c2Cl)c1. The molecule has 0 aromatic heterocycles. The summed E-state index contributed by atoms with van der Waals surface area (Å²) in [5, 5.41) is 1.09. The van der Waals surface area contributed by atoms with E-state index in [9.17, 15) is 0 Å². The number of ether oxygens (including phenoxy) is 2. The maximum Gasteiger partial charge on any atom is 0.149 e. The van der Waals surface area contributed by atoms with Crippen molar-refractivity contribution in [2.75, 3.05) is 11.5 Å². The molecule has 0 aliphatic rings. The van der Waals surface area contributed by atoms with Crippen molar-refractivity contribution in [3.63, 3.8) is 0 Å². The lowest BCUT2D eigenvalue weighted by Crippen LogP contribution is -1.93. The van der Waals surface area contributed by atoms with Crippen LogP contribution in [0.5, 0.6) is 23.0 Å². The van der Waals surface area contributed by atoms with Gasteiger partial charge in [0.15, 0.2) is 0 Å². The zero-order chi connectivity index (χ0) is 18.0. The Morgan fingerprint density at radius 2 is 1.04 bits per heavy atom. The van der Waals surface area contributed by atoms with Crippen LogP contribution in [0, 0.1) is 0 Å². The summed E-state index contributed by atoms with van der Waals surface area (Å²) < 4.78 is 11.5. The molecule has 0 heterocycles. The standard InChI is InChI=1S/C18H13Cl3N2O2/c19-12-6-4-10(22)8-16(12)24-14-2-1-3-15(18(14)21)25-17-9-11(23)5-7-13(17)20/h1-9H,22-23H2. The van der Waals surface area contributed by atoms with Crippen LogP contribution in [0.25, 0.3) is 0 Å². The largest absolute Gasteiger partial charge is 0.454 e. The maximum absolute atomic E-state index is 6.39. The van der Waals surface area contributed by atoms with Crippen LogP contribution in [-0.2, 0) is 0 Å². The third-order valence-electron chi connectivity index (χ3n) is 3.28. The Morgan fingerprint density at radius 3 is 1.48 bits per heavy atom. The van der Waals surface area contributed by atoms with Crippen LogP contribution >= 0.6 is 34.8 Å². The monoisotopic (exact) mass is 394 g/mol. The molecule has 0 radical (unpaired) electrons. The van der Waals surface area contributed by atoms with Crippen LogP contribution in [0.4, 0.5) is 11.4 Å². The summed E-state index contributed by atoms with van der Waals surface area (Å²) in [4.78, 5) is 0. The zero-order valence-corrected chi connectivity index (χ0v) is 15.1. The van der Waals surface area contributed by atoms with Gasteiger partial charge in [-0.1, -0.05) is 40.9 Å². The van der Waals surface area contributed by atoms with Gasteiger partial charge in [0.1, 0.15) is 28.0 Å². The van der Waals surface area contributed by atoms with Gasteiger partial charge in [-0.15, -0.1) is 0 Å². The van der Waals surface area contributed by atoms with E-state index in [-0.39, 0.29) is 5.02 Å². The minimum absolute atomic E-state index is 0.263. The van der Waals surface area contributed by atoms with Gasteiger partial charge in [0.2, 0.25) is 0 Å². The number of benzene rings is 3. The van der Waals surface area contributed by atoms with Gasteiger partial charge in [0, 0.05) is 23.5 Å². The topological polar surface area (TPSA) is 70.5 Å². The number of rotatable bonds is 4. The van der Waals surface area contributed by atoms with Gasteiger partial charge < -0.3 is 20.9 Å². The molecule has 0 aliphatic heterocycles. The van der Waals surface area contributed by atoms with E-state index in [1.807, 2.05) is 0 Å². The van der Waals surface area contributed by atoms with Crippen molar-refractivity contribution in [3.8, 4) is 23.0 Å². The third-order valence-corrected chi connectivity index (χ3v) is 4.28. The summed E-state index contributed by atoms with van der Waals surface area (Å²) >= 11 is 18.6. The fourth-order valence-electron chi connectivity index (χ4n) is 2.08. The number of hydrogen-bond donors (Lipinski definition) is 2. The molecule has 0 saturated heterocycles. The highest BCUT2D eigenvalue weighted by Crippen LogP contribution is 2.41. The molecule has 4 N–H and O–H groups in total. The third kappa shape index (κ3) is 4.04. The molecule has 0 amide bonds. The number of nitrogens with two attached hydrogens (primary N) is 2. The van der Waals surface area contributed by atoms with Crippen LogP contribution < -0.4 is 20.9 Å². The molecule has 25 heavy (non-hydrogen) atoms. The van der Waals surface area contributed by atoms with Crippen LogP contribution in [0.15, 0.2) is 54.6 Å². The van der Waals surface area contributed by atoms with Crippen LogP contribution in [-0.4, -0.2) is 0 Å². The molecule has 3 aromatic carbocycles. The first kappa shape index (κ1) is 17.5. The molecule has 3 aromatic rings. The molecule has 0 atom stereocenters. The molecular formula is C18H13Cl3N2O2. The first-order chi connectivity index (χ1) is 11.9. The van der Waals surface area contributed by atoms with Gasteiger partial charge in [-0.25, -0.2) is 0 Å². The lowest BCUT2D eigenvalue weighted by Gasteiger charge is -2.14. The molecular weight excluding hydrogens is 383 g/mol. The predicted octanol–water partition coefficient (Wildman–Crippen LogP) is 6.40. The first-order valence-corrected chi connectivity index (χ1v) is 8.31. The Labute approximate surface area is 159 Å². The molecule has 0 bridgehead atoms.